The van der Waals surface area contributed by atoms with Gasteiger partial charge in [0.2, 0.25) is 0 Å². The number of carbonyl (C=O) groups excluding carboxylic acids is 2. The largest absolute Gasteiger partial charge is 0.465 e. The third kappa shape index (κ3) is 4.46. The summed E-state index contributed by atoms with van der Waals surface area (Å²) < 4.78 is 39.7. The molecule has 0 aliphatic heterocycles. The van der Waals surface area contributed by atoms with E-state index in [1.165, 1.54) is 0 Å². The summed E-state index contributed by atoms with van der Waals surface area (Å²) in [5.74, 6) is -1.68. The van der Waals surface area contributed by atoms with E-state index in [-0.39, 0.29) is 34.2 Å². The van der Waals surface area contributed by atoms with Gasteiger partial charge in [0.25, 0.3) is 10.1 Å². The van der Waals surface area contributed by atoms with E-state index < -0.39 is 27.0 Å². The van der Waals surface area contributed by atoms with Crippen molar-refractivity contribution in [1.82, 2.24) is 0 Å². The Morgan fingerprint density at radius 1 is 1.00 bits per heavy atom. The maximum Gasteiger partial charge on any atom is 0.337 e. The first-order chi connectivity index (χ1) is 8.29. The summed E-state index contributed by atoms with van der Waals surface area (Å²) in [6.45, 7) is 0. The quantitative estimate of drug-likeness (QED) is 0.459. The Bertz CT molecular complexity index is 560. The summed E-state index contributed by atoms with van der Waals surface area (Å²) in [7, 11) is -2.35. The molecule has 1 aromatic rings. The van der Waals surface area contributed by atoms with Crippen molar-refractivity contribution in [2.24, 2.45) is 0 Å². The van der Waals surface area contributed by atoms with E-state index >= 15 is 0 Å². The Morgan fingerprint density at radius 2 is 1.37 bits per heavy atom. The van der Waals surface area contributed by atoms with E-state index in [4.69, 9.17) is 4.55 Å². The predicted octanol–water partition coefficient (Wildman–Crippen LogP) is -0.410. The van der Waals surface area contributed by atoms with Crippen LogP contribution in [0.2, 0.25) is 0 Å². The maximum absolute atomic E-state index is 11.3. The Hall–Kier alpha value is -1.16. The highest BCUT2D eigenvalue weighted by Crippen LogP contribution is 2.16. The minimum Gasteiger partial charge on any atom is -0.465 e. The highest BCUT2D eigenvalue weighted by molar-refractivity contribution is 7.85. The molecular weight excluding hydrogens is 288 g/mol. The van der Waals surface area contributed by atoms with Crippen LogP contribution in [-0.2, 0) is 19.6 Å². The average molecular weight is 301 g/mol. The normalized spacial score (nSPS) is 10.3. The Labute approximate surface area is 125 Å². The first-order valence-corrected chi connectivity index (χ1v) is 6.03. The minimum atomic E-state index is -4.55. The number of benzene rings is 1. The minimum absolute atomic E-state index is 0. The van der Waals surface area contributed by atoms with Gasteiger partial charge in [-0.05, 0) is 18.2 Å². The monoisotopic (exact) mass is 300 g/mol. The second-order valence-electron chi connectivity index (χ2n) is 3.20. The number of carbonyl (C=O) groups is 2. The number of hydrogen-bond donors (Lipinski definition) is 1. The summed E-state index contributed by atoms with van der Waals surface area (Å²) >= 11 is 0. The van der Waals surface area contributed by atoms with Crippen LogP contribution in [-0.4, -0.2) is 62.2 Å². The first-order valence-electron chi connectivity index (χ1n) is 4.59. The predicted molar refractivity (Wildman–Crippen MR) is 67.5 cm³/mol. The smallest absolute Gasteiger partial charge is 0.337 e. The van der Waals surface area contributed by atoms with Crippen LogP contribution < -0.4 is 0 Å². The molecule has 0 unspecified atom stereocenters. The molecule has 0 saturated carbocycles. The van der Waals surface area contributed by atoms with E-state index in [0.717, 1.165) is 32.4 Å². The summed E-state index contributed by atoms with van der Waals surface area (Å²) in [6.07, 6.45) is 0. The number of ether oxygens (including phenoxy) is 2. The molecule has 0 bridgehead atoms. The van der Waals surface area contributed by atoms with Crippen molar-refractivity contribution < 1.29 is 32.0 Å². The van der Waals surface area contributed by atoms with Crippen molar-refractivity contribution in [2.75, 3.05) is 14.2 Å². The average Bonchev–Trinajstić information content (AvgIpc) is 2.35. The molecular formula is C10H12MgO7S. The van der Waals surface area contributed by atoms with Gasteiger partial charge in [-0.3, -0.25) is 4.55 Å². The second kappa shape index (κ2) is 6.85. The van der Waals surface area contributed by atoms with Crippen LogP contribution in [0.3, 0.4) is 0 Å². The van der Waals surface area contributed by atoms with Gasteiger partial charge < -0.3 is 9.47 Å². The molecule has 0 aliphatic rings. The van der Waals surface area contributed by atoms with E-state index in [1.807, 2.05) is 0 Å². The zero-order valence-electron chi connectivity index (χ0n) is 9.54. The zero-order valence-corrected chi connectivity index (χ0v) is 10.4. The number of esters is 2. The molecule has 0 atom stereocenters. The van der Waals surface area contributed by atoms with Crippen LogP contribution in [0.1, 0.15) is 20.7 Å². The van der Waals surface area contributed by atoms with Crippen LogP contribution >= 0.6 is 0 Å². The van der Waals surface area contributed by atoms with Crippen LogP contribution in [0.25, 0.3) is 0 Å². The van der Waals surface area contributed by atoms with Crippen molar-refractivity contribution >= 4 is 45.1 Å². The summed E-state index contributed by atoms with van der Waals surface area (Å²) in [5.41, 5.74) is -0.374. The Kier molecular flexibility index (Phi) is 6.43. The van der Waals surface area contributed by atoms with Crippen molar-refractivity contribution in [3.63, 3.8) is 0 Å². The van der Waals surface area contributed by atoms with Gasteiger partial charge in [0.05, 0.1) is 30.2 Å². The molecule has 9 heteroatoms. The van der Waals surface area contributed by atoms with Gasteiger partial charge in [0.1, 0.15) is 0 Å². The molecule has 102 valence electrons. The summed E-state index contributed by atoms with van der Waals surface area (Å²) in [4.78, 5) is 22.0. The molecule has 1 N–H and O–H groups in total. The van der Waals surface area contributed by atoms with Crippen LogP contribution in [0.15, 0.2) is 23.1 Å². The van der Waals surface area contributed by atoms with Crippen molar-refractivity contribution in [3.05, 3.63) is 29.3 Å². The second-order valence-corrected chi connectivity index (χ2v) is 4.63. The van der Waals surface area contributed by atoms with Gasteiger partial charge in [-0.1, -0.05) is 0 Å². The van der Waals surface area contributed by atoms with Crippen LogP contribution in [0.5, 0.6) is 0 Å². The van der Waals surface area contributed by atoms with E-state index in [9.17, 15) is 18.0 Å². The van der Waals surface area contributed by atoms with Crippen LogP contribution in [0.4, 0.5) is 0 Å². The Morgan fingerprint density at radius 3 is 1.63 bits per heavy atom. The maximum atomic E-state index is 11.3. The fourth-order valence-electron chi connectivity index (χ4n) is 1.22. The topological polar surface area (TPSA) is 107 Å². The zero-order chi connectivity index (χ0) is 13.9. The highest BCUT2D eigenvalue weighted by atomic mass is 32.2. The van der Waals surface area contributed by atoms with Gasteiger partial charge >= 0.3 is 35.0 Å². The van der Waals surface area contributed by atoms with Gasteiger partial charge in [0.15, 0.2) is 0 Å². The van der Waals surface area contributed by atoms with Crippen molar-refractivity contribution in [2.45, 2.75) is 4.90 Å². The van der Waals surface area contributed by atoms with Crippen molar-refractivity contribution in [1.29, 1.82) is 0 Å². The van der Waals surface area contributed by atoms with Gasteiger partial charge in [-0.2, -0.15) is 8.42 Å². The third-order valence-corrected chi connectivity index (χ3v) is 2.88. The van der Waals surface area contributed by atoms with E-state index in [1.54, 1.807) is 0 Å². The molecule has 1 rings (SSSR count). The first kappa shape index (κ1) is 17.8. The lowest BCUT2D eigenvalue weighted by Gasteiger charge is -2.05. The molecule has 0 saturated heterocycles. The lowest BCUT2D eigenvalue weighted by atomic mass is 10.1. The fourth-order valence-corrected chi connectivity index (χ4v) is 1.77. The lowest BCUT2D eigenvalue weighted by molar-refractivity contribution is 0.0598. The number of rotatable bonds is 3. The van der Waals surface area contributed by atoms with E-state index in [0.29, 0.717) is 0 Å². The third-order valence-electron chi connectivity index (χ3n) is 2.05. The molecule has 0 aliphatic carbocycles. The van der Waals surface area contributed by atoms with Gasteiger partial charge in [0, 0.05) is 0 Å². The molecule has 0 aromatic heterocycles. The standard InChI is InChI=1S/C10H10O7S.Mg.2H/c1-16-9(11)6-3-7(10(12)17-2)5-8(4-6)18(13,14)15;;;/h3-5H,1-2H3,(H,13,14,15);;;. The molecule has 0 amide bonds. The molecule has 1 aromatic carbocycles. The molecule has 0 spiro atoms. The van der Waals surface area contributed by atoms with Gasteiger partial charge in [-0.25, -0.2) is 9.59 Å². The van der Waals surface area contributed by atoms with Crippen molar-refractivity contribution in [3.8, 4) is 0 Å². The molecule has 0 fully saturated rings. The summed E-state index contributed by atoms with van der Waals surface area (Å²) in [5, 5.41) is 0. The number of methoxy groups -OCH3 is 2. The molecule has 7 nitrogen and oxygen atoms in total. The fraction of sp³-hybridized carbons (Fsp3) is 0.200. The molecule has 0 radical (unpaired) electrons. The van der Waals surface area contributed by atoms with E-state index in [2.05, 4.69) is 9.47 Å². The summed E-state index contributed by atoms with van der Waals surface area (Å²) in [6, 6.07) is 2.90. The Balaban J connectivity index is 0.00000324. The SMILES string of the molecule is COC(=O)c1cc(C(=O)OC)cc(S(=O)(=O)O)c1.[MgH2]. The molecule has 19 heavy (non-hydrogen) atoms. The number of hydrogen-bond acceptors (Lipinski definition) is 6. The van der Waals surface area contributed by atoms with Crippen LogP contribution in [0, 0.1) is 0 Å². The lowest BCUT2D eigenvalue weighted by Crippen LogP contribution is -2.09. The molecule has 0 heterocycles. The highest BCUT2D eigenvalue weighted by Gasteiger charge is 2.19. The van der Waals surface area contributed by atoms with Gasteiger partial charge in [-0.15, -0.1) is 0 Å².